The van der Waals surface area contributed by atoms with Crippen LogP contribution in [0.2, 0.25) is 5.02 Å². The van der Waals surface area contributed by atoms with Gasteiger partial charge in [-0.2, -0.15) is 5.26 Å². The van der Waals surface area contributed by atoms with Gasteiger partial charge in [-0.25, -0.2) is 0 Å². The van der Waals surface area contributed by atoms with Crippen molar-refractivity contribution in [3.8, 4) is 6.07 Å². The lowest BCUT2D eigenvalue weighted by atomic mass is 10.2. The molecule has 0 radical (unpaired) electrons. The van der Waals surface area contributed by atoms with Crippen LogP contribution in [0.4, 0.5) is 11.4 Å². The number of anilines is 2. The smallest absolute Gasteiger partial charge is 0.269 e. The maximum absolute atomic E-state index is 11.5. The van der Waals surface area contributed by atoms with Crippen LogP contribution in [0.15, 0.2) is 39.7 Å². The van der Waals surface area contributed by atoms with Gasteiger partial charge in [0, 0.05) is 17.7 Å². The fourth-order valence-electron chi connectivity index (χ4n) is 1.63. The van der Waals surface area contributed by atoms with Gasteiger partial charge in [-0.15, -0.1) is 0 Å². The summed E-state index contributed by atoms with van der Waals surface area (Å²) in [4.78, 5) is 11.5. The molecule has 0 aliphatic heterocycles. The molecule has 0 aliphatic rings. The van der Waals surface area contributed by atoms with Crippen LogP contribution >= 0.6 is 27.5 Å². The SMILES string of the molecule is Cn1cc(Nc2c(Br)cccc2C#N)cc(Cl)c1=O. The van der Waals surface area contributed by atoms with E-state index < -0.39 is 0 Å². The molecule has 2 aromatic rings. The van der Waals surface area contributed by atoms with Gasteiger partial charge in [0.2, 0.25) is 0 Å². The van der Waals surface area contributed by atoms with Crippen LogP contribution in [0, 0.1) is 11.3 Å². The van der Waals surface area contributed by atoms with Gasteiger partial charge in [0.15, 0.2) is 0 Å². The van der Waals surface area contributed by atoms with Gasteiger partial charge in [0.25, 0.3) is 5.56 Å². The first-order chi connectivity index (χ1) is 9.02. The molecule has 0 aliphatic carbocycles. The van der Waals surface area contributed by atoms with E-state index in [0.29, 0.717) is 16.9 Å². The molecule has 96 valence electrons. The van der Waals surface area contributed by atoms with E-state index in [1.165, 1.54) is 10.6 Å². The molecule has 0 spiro atoms. The van der Waals surface area contributed by atoms with Gasteiger partial charge in [0.05, 0.1) is 16.9 Å². The van der Waals surface area contributed by atoms with Crippen molar-refractivity contribution in [1.82, 2.24) is 4.57 Å². The Hall–Kier alpha value is -1.77. The molecule has 0 saturated carbocycles. The zero-order valence-corrected chi connectivity index (χ0v) is 12.3. The second kappa shape index (κ2) is 5.47. The summed E-state index contributed by atoms with van der Waals surface area (Å²) in [6.45, 7) is 0. The van der Waals surface area contributed by atoms with Crippen molar-refractivity contribution in [2.75, 3.05) is 5.32 Å². The highest BCUT2D eigenvalue weighted by Gasteiger charge is 2.08. The molecule has 0 saturated heterocycles. The fourth-order valence-corrected chi connectivity index (χ4v) is 2.34. The highest BCUT2D eigenvalue weighted by molar-refractivity contribution is 9.10. The Labute approximate surface area is 123 Å². The van der Waals surface area contributed by atoms with E-state index in [0.717, 1.165) is 4.47 Å². The van der Waals surface area contributed by atoms with Crippen molar-refractivity contribution in [3.05, 3.63) is 55.9 Å². The van der Waals surface area contributed by atoms with E-state index in [9.17, 15) is 4.79 Å². The quantitative estimate of drug-likeness (QED) is 0.913. The molecule has 1 heterocycles. The number of aryl methyl sites for hydroxylation is 1. The number of nitrogens with zero attached hydrogens (tertiary/aromatic N) is 2. The number of rotatable bonds is 2. The number of halogens is 2. The molecule has 0 unspecified atom stereocenters. The van der Waals surface area contributed by atoms with E-state index in [1.807, 2.05) is 6.07 Å². The van der Waals surface area contributed by atoms with Gasteiger partial charge in [-0.1, -0.05) is 17.7 Å². The molecule has 1 aromatic heterocycles. The summed E-state index contributed by atoms with van der Waals surface area (Å²) in [7, 11) is 1.62. The van der Waals surface area contributed by atoms with Gasteiger partial charge in [0.1, 0.15) is 11.1 Å². The molecule has 0 atom stereocenters. The van der Waals surface area contributed by atoms with Crippen molar-refractivity contribution >= 4 is 38.9 Å². The zero-order valence-electron chi connectivity index (χ0n) is 9.95. The van der Waals surface area contributed by atoms with E-state index in [-0.39, 0.29) is 10.6 Å². The van der Waals surface area contributed by atoms with Crippen molar-refractivity contribution in [2.24, 2.45) is 7.05 Å². The van der Waals surface area contributed by atoms with Crippen LogP contribution in [0.3, 0.4) is 0 Å². The van der Waals surface area contributed by atoms with Gasteiger partial charge in [-0.3, -0.25) is 4.79 Å². The normalized spacial score (nSPS) is 10.0. The third-order valence-electron chi connectivity index (χ3n) is 2.54. The molecule has 4 nitrogen and oxygen atoms in total. The lowest BCUT2D eigenvalue weighted by Crippen LogP contribution is -2.16. The predicted octanol–water partition coefficient (Wildman–Crippen LogP) is 3.42. The molecule has 19 heavy (non-hydrogen) atoms. The van der Waals surface area contributed by atoms with Crippen LogP contribution in [0.5, 0.6) is 0 Å². The third-order valence-corrected chi connectivity index (χ3v) is 3.47. The first-order valence-electron chi connectivity index (χ1n) is 5.34. The van der Waals surface area contributed by atoms with Crippen LogP contribution < -0.4 is 10.9 Å². The van der Waals surface area contributed by atoms with Crippen molar-refractivity contribution in [1.29, 1.82) is 5.26 Å². The standard InChI is InChI=1S/C13H9BrClN3O/c1-18-7-9(5-11(15)13(18)19)17-12-8(6-16)3-2-4-10(12)14/h2-5,7,17H,1H3. The Morgan fingerprint density at radius 3 is 2.84 bits per heavy atom. The second-order valence-corrected chi connectivity index (χ2v) is 5.15. The molecular formula is C13H9BrClN3O. The predicted molar refractivity (Wildman–Crippen MR) is 78.8 cm³/mol. The maximum atomic E-state index is 11.5. The average molecular weight is 339 g/mol. The average Bonchev–Trinajstić information content (AvgIpc) is 2.38. The molecule has 0 amide bonds. The number of para-hydroxylation sites is 1. The van der Waals surface area contributed by atoms with Gasteiger partial charge >= 0.3 is 0 Å². The number of benzene rings is 1. The molecule has 2 rings (SSSR count). The number of nitriles is 1. The Bertz CT molecular complexity index is 707. The number of pyridine rings is 1. The van der Waals surface area contributed by atoms with Crippen molar-refractivity contribution in [2.45, 2.75) is 0 Å². The van der Waals surface area contributed by atoms with Crippen molar-refractivity contribution < 1.29 is 0 Å². The van der Waals surface area contributed by atoms with Crippen LogP contribution in [-0.4, -0.2) is 4.57 Å². The largest absolute Gasteiger partial charge is 0.352 e. The Balaban J connectivity index is 2.48. The molecule has 6 heteroatoms. The molecule has 0 bridgehead atoms. The molecule has 1 aromatic carbocycles. The monoisotopic (exact) mass is 337 g/mol. The Kier molecular flexibility index (Phi) is 3.93. The summed E-state index contributed by atoms with van der Waals surface area (Å²) in [5.41, 5.74) is 1.51. The van der Waals surface area contributed by atoms with Gasteiger partial charge < -0.3 is 9.88 Å². The minimum absolute atomic E-state index is 0.123. The zero-order chi connectivity index (χ0) is 14.0. The second-order valence-electron chi connectivity index (χ2n) is 3.89. The van der Waals surface area contributed by atoms with Crippen LogP contribution in [0.25, 0.3) is 0 Å². The number of aromatic nitrogens is 1. The molecule has 1 N–H and O–H groups in total. The summed E-state index contributed by atoms with van der Waals surface area (Å²) >= 11 is 9.23. The minimum Gasteiger partial charge on any atom is -0.352 e. The summed E-state index contributed by atoms with van der Waals surface area (Å²) < 4.78 is 2.14. The fraction of sp³-hybridized carbons (Fsp3) is 0.0769. The Morgan fingerprint density at radius 1 is 1.47 bits per heavy atom. The van der Waals surface area contributed by atoms with E-state index >= 15 is 0 Å². The van der Waals surface area contributed by atoms with Crippen LogP contribution in [0.1, 0.15) is 5.56 Å². The lowest BCUT2D eigenvalue weighted by molar-refractivity contribution is 0.862. The van der Waals surface area contributed by atoms with E-state index in [2.05, 4.69) is 27.3 Å². The molecular weight excluding hydrogens is 330 g/mol. The van der Waals surface area contributed by atoms with Crippen molar-refractivity contribution in [3.63, 3.8) is 0 Å². The molecule has 0 fully saturated rings. The first kappa shape index (κ1) is 13.7. The maximum Gasteiger partial charge on any atom is 0.269 e. The lowest BCUT2D eigenvalue weighted by Gasteiger charge is -2.11. The van der Waals surface area contributed by atoms with E-state index in [1.54, 1.807) is 25.4 Å². The minimum atomic E-state index is -0.264. The number of nitrogens with one attached hydrogen (secondary N) is 1. The summed E-state index contributed by atoms with van der Waals surface area (Å²) in [6, 6.07) is 8.95. The summed E-state index contributed by atoms with van der Waals surface area (Å²) in [5, 5.41) is 12.3. The van der Waals surface area contributed by atoms with E-state index in [4.69, 9.17) is 16.9 Å². The number of hydrogen-bond donors (Lipinski definition) is 1. The van der Waals surface area contributed by atoms with Crippen LogP contribution in [-0.2, 0) is 7.05 Å². The highest BCUT2D eigenvalue weighted by atomic mass is 79.9. The third kappa shape index (κ3) is 2.80. The summed E-state index contributed by atoms with van der Waals surface area (Å²) in [5.74, 6) is 0. The first-order valence-corrected chi connectivity index (χ1v) is 6.52. The number of hydrogen-bond acceptors (Lipinski definition) is 3. The Morgan fingerprint density at radius 2 is 2.21 bits per heavy atom. The topological polar surface area (TPSA) is 57.8 Å². The van der Waals surface area contributed by atoms with Gasteiger partial charge in [-0.05, 0) is 34.1 Å². The summed E-state index contributed by atoms with van der Waals surface area (Å²) in [6.07, 6.45) is 1.62. The highest BCUT2D eigenvalue weighted by Crippen LogP contribution is 2.29.